The number of aliphatic carboxylic acids is 2. The zero-order valence-electron chi connectivity index (χ0n) is 8.61. The van der Waals surface area contributed by atoms with Gasteiger partial charge in [0.1, 0.15) is 5.82 Å². The molecule has 4 nitrogen and oxygen atoms in total. The van der Waals surface area contributed by atoms with Crippen molar-refractivity contribution in [2.75, 3.05) is 0 Å². The van der Waals surface area contributed by atoms with Gasteiger partial charge in [-0.3, -0.25) is 9.59 Å². The van der Waals surface area contributed by atoms with Crippen LogP contribution in [-0.2, 0) is 16.0 Å². The fraction of sp³-hybridized carbons (Fsp3) is 0.273. The second-order valence-electron chi connectivity index (χ2n) is 3.71. The Labute approximate surface area is 91.3 Å². The predicted octanol–water partition coefficient (Wildman–Crippen LogP) is 1.54. The van der Waals surface area contributed by atoms with E-state index in [-0.39, 0.29) is 12.0 Å². The molecule has 0 aromatic heterocycles. The number of hydrogen-bond donors (Lipinski definition) is 2. The Balaban J connectivity index is 3.07. The zero-order valence-corrected chi connectivity index (χ0v) is 8.61. The highest BCUT2D eigenvalue weighted by Crippen LogP contribution is 2.24. The van der Waals surface area contributed by atoms with Crippen LogP contribution in [0.15, 0.2) is 24.3 Å². The van der Waals surface area contributed by atoms with Gasteiger partial charge >= 0.3 is 11.9 Å². The quantitative estimate of drug-likeness (QED) is 0.764. The van der Waals surface area contributed by atoms with Gasteiger partial charge in [-0.2, -0.15) is 0 Å². The van der Waals surface area contributed by atoms with Gasteiger partial charge in [-0.05, 0) is 18.6 Å². The third-order valence-corrected chi connectivity index (χ3v) is 2.45. The highest BCUT2D eigenvalue weighted by atomic mass is 19.1. The first-order valence-corrected chi connectivity index (χ1v) is 4.58. The molecule has 0 fully saturated rings. The number of halogens is 1. The van der Waals surface area contributed by atoms with Gasteiger partial charge in [0.25, 0.3) is 0 Å². The molecule has 86 valence electrons. The molecule has 0 amide bonds. The van der Waals surface area contributed by atoms with Gasteiger partial charge < -0.3 is 10.2 Å². The van der Waals surface area contributed by atoms with Crippen molar-refractivity contribution >= 4 is 11.9 Å². The van der Waals surface area contributed by atoms with Gasteiger partial charge in [0.2, 0.25) is 0 Å². The lowest BCUT2D eigenvalue weighted by Crippen LogP contribution is -2.38. The van der Waals surface area contributed by atoms with E-state index in [0.717, 1.165) is 6.92 Å². The smallest absolute Gasteiger partial charge is 0.321 e. The van der Waals surface area contributed by atoms with E-state index in [0.29, 0.717) is 0 Å². The molecule has 0 aliphatic carbocycles. The Bertz CT molecular complexity index is 414. The summed E-state index contributed by atoms with van der Waals surface area (Å²) in [7, 11) is 0. The first-order chi connectivity index (χ1) is 7.38. The van der Waals surface area contributed by atoms with Crippen molar-refractivity contribution in [2.24, 2.45) is 5.41 Å². The average molecular weight is 226 g/mol. The van der Waals surface area contributed by atoms with Gasteiger partial charge in [-0.1, -0.05) is 18.2 Å². The van der Waals surface area contributed by atoms with Crippen molar-refractivity contribution in [3.63, 3.8) is 0 Å². The van der Waals surface area contributed by atoms with Crippen LogP contribution in [0.5, 0.6) is 0 Å². The fourth-order valence-corrected chi connectivity index (χ4v) is 1.27. The molecule has 16 heavy (non-hydrogen) atoms. The largest absolute Gasteiger partial charge is 0.480 e. The molecule has 0 bridgehead atoms. The Morgan fingerprint density at radius 2 is 1.75 bits per heavy atom. The van der Waals surface area contributed by atoms with Crippen molar-refractivity contribution in [3.8, 4) is 0 Å². The molecule has 0 aliphatic rings. The third kappa shape index (κ3) is 2.18. The van der Waals surface area contributed by atoms with Crippen LogP contribution in [0, 0.1) is 11.2 Å². The third-order valence-electron chi connectivity index (χ3n) is 2.45. The Kier molecular flexibility index (Phi) is 3.27. The maximum absolute atomic E-state index is 13.3. The molecule has 1 rings (SSSR count). The highest BCUT2D eigenvalue weighted by Gasteiger charge is 2.42. The van der Waals surface area contributed by atoms with Crippen LogP contribution in [0.25, 0.3) is 0 Å². The minimum atomic E-state index is -2.01. The lowest BCUT2D eigenvalue weighted by Gasteiger charge is -2.19. The lowest BCUT2D eigenvalue weighted by molar-refractivity contribution is -0.163. The summed E-state index contributed by atoms with van der Waals surface area (Å²) >= 11 is 0. The molecule has 0 saturated carbocycles. The summed E-state index contributed by atoms with van der Waals surface area (Å²) in [6.07, 6.45) is -0.385. The van der Waals surface area contributed by atoms with Gasteiger partial charge in [0, 0.05) is 6.42 Å². The Morgan fingerprint density at radius 1 is 1.25 bits per heavy atom. The van der Waals surface area contributed by atoms with Crippen molar-refractivity contribution in [3.05, 3.63) is 35.6 Å². The van der Waals surface area contributed by atoms with Crippen LogP contribution in [0.4, 0.5) is 4.39 Å². The van der Waals surface area contributed by atoms with Gasteiger partial charge in [0.05, 0.1) is 0 Å². The van der Waals surface area contributed by atoms with E-state index >= 15 is 0 Å². The number of carboxylic acids is 2. The van der Waals surface area contributed by atoms with Crippen molar-refractivity contribution in [2.45, 2.75) is 13.3 Å². The number of benzene rings is 1. The van der Waals surface area contributed by atoms with E-state index in [2.05, 4.69) is 0 Å². The minimum absolute atomic E-state index is 0.0785. The standard InChI is InChI=1S/C11H11FO4/c1-11(9(13)14,10(15)16)6-7-4-2-3-5-8(7)12/h2-5H,6H2,1H3,(H,13,14)(H,15,16). The lowest BCUT2D eigenvalue weighted by atomic mass is 9.83. The van der Waals surface area contributed by atoms with Crippen LogP contribution in [-0.4, -0.2) is 22.2 Å². The molecule has 0 heterocycles. The van der Waals surface area contributed by atoms with Crippen molar-refractivity contribution in [1.29, 1.82) is 0 Å². The molecule has 2 N–H and O–H groups in total. The predicted molar refractivity (Wildman–Crippen MR) is 53.5 cm³/mol. The van der Waals surface area contributed by atoms with E-state index in [4.69, 9.17) is 10.2 Å². The Morgan fingerprint density at radius 3 is 2.19 bits per heavy atom. The van der Waals surface area contributed by atoms with E-state index in [9.17, 15) is 14.0 Å². The van der Waals surface area contributed by atoms with Crippen molar-refractivity contribution < 1.29 is 24.2 Å². The fourth-order valence-electron chi connectivity index (χ4n) is 1.27. The molecule has 0 unspecified atom stereocenters. The normalized spacial score (nSPS) is 11.1. The van der Waals surface area contributed by atoms with Crippen LogP contribution in [0.1, 0.15) is 12.5 Å². The summed E-state index contributed by atoms with van der Waals surface area (Å²) in [6.45, 7) is 1.06. The topological polar surface area (TPSA) is 74.6 Å². The van der Waals surface area contributed by atoms with E-state index in [1.807, 2.05) is 0 Å². The van der Waals surface area contributed by atoms with Gasteiger partial charge in [-0.25, -0.2) is 4.39 Å². The maximum Gasteiger partial charge on any atom is 0.321 e. The molecule has 1 aromatic rings. The summed E-state index contributed by atoms with van der Waals surface area (Å²) in [5.74, 6) is -3.57. The van der Waals surface area contributed by atoms with Crippen LogP contribution < -0.4 is 0 Å². The van der Waals surface area contributed by atoms with Crippen LogP contribution in [0.3, 0.4) is 0 Å². The van der Waals surface area contributed by atoms with E-state index in [1.54, 1.807) is 0 Å². The van der Waals surface area contributed by atoms with E-state index in [1.165, 1.54) is 24.3 Å². The first-order valence-electron chi connectivity index (χ1n) is 4.58. The molecule has 0 atom stereocenters. The van der Waals surface area contributed by atoms with Crippen LogP contribution in [0.2, 0.25) is 0 Å². The highest BCUT2D eigenvalue weighted by molar-refractivity contribution is 5.98. The summed E-state index contributed by atoms with van der Waals surface area (Å²) < 4.78 is 13.3. The molecule has 0 spiro atoms. The number of rotatable bonds is 4. The second kappa shape index (κ2) is 4.30. The zero-order chi connectivity index (χ0) is 12.3. The molecular formula is C11H11FO4. The summed E-state index contributed by atoms with van der Waals surface area (Å²) in [4.78, 5) is 21.8. The average Bonchev–Trinajstić information content (AvgIpc) is 2.20. The molecule has 0 radical (unpaired) electrons. The first kappa shape index (κ1) is 12.2. The number of hydrogen-bond acceptors (Lipinski definition) is 2. The summed E-state index contributed by atoms with van der Waals surface area (Å²) in [5.41, 5.74) is -1.93. The molecular weight excluding hydrogens is 215 g/mol. The molecule has 5 heteroatoms. The van der Waals surface area contributed by atoms with E-state index < -0.39 is 23.2 Å². The summed E-state index contributed by atoms with van der Waals surface area (Å²) in [6, 6.07) is 5.53. The second-order valence-corrected chi connectivity index (χ2v) is 3.71. The molecule has 0 aliphatic heterocycles. The SMILES string of the molecule is CC(Cc1ccccc1F)(C(=O)O)C(=O)O. The maximum atomic E-state index is 13.3. The number of carbonyl (C=O) groups is 2. The monoisotopic (exact) mass is 226 g/mol. The van der Waals surface area contributed by atoms with Gasteiger partial charge in [-0.15, -0.1) is 0 Å². The molecule has 1 aromatic carbocycles. The van der Waals surface area contributed by atoms with Crippen molar-refractivity contribution in [1.82, 2.24) is 0 Å². The minimum Gasteiger partial charge on any atom is -0.480 e. The summed E-state index contributed by atoms with van der Waals surface area (Å²) in [5, 5.41) is 17.7. The number of carboxylic acid groups (broad SMARTS) is 2. The molecule has 0 saturated heterocycles. The van der Waals surface area contributed by atoms with Crippen LogP contribution >= 0.6 is 0 Å². The Hall–Kier alpha value is -1.91. The van der Waals surface area contributed by atoms with Gasteiger partial charge in [0.15, 0.2) is 5.41 Å².